The molecule has 0 aliphatic heterocycles. The standard InChI is InChI=1S/C24H40O4/c1-3-5-14-19-15-10-11-17-24(19,16-6-4-2)21(18-12-8-7-9-13-18)20(22(25)26)23(27)28/h18-19H,3-17H2,1-2H3,(H,25,26)(H,27,28). The van der Waals surface area contributed by atoms with Crippen molar-refractivity contribution < 1.29 is 19.8 Å². The minimum absolute atomic E-state index is 0.134. The Morgan fingerprint density at radius 3 is 2.04 bits per heavy atom. The quantitative estimate of drug-likeness (QED) is 0.250. The lowest BCUT2D eigenvalue weighted by Crippen LogP contribution is -2.41. The summed E-state index contributed by atoms with van der Waals surface area (Å²) in [6, 6.07) is 0. The second-order valence-electron chi connectivity index (χ2n) is 9.08. The highest BCUT2D eigenvalue weighted by Crippen LogP contribution is 2.56. The van der Waals surface area contributed by atoms with Crippen molar-refractivity contribution in [3.63, 3.8) is 0 Å². The number of hydrogen-bond donors (Lipinski definition) is 2. The Balaban J connectivity index is 2.64. The van der Waals surface area contributed by atoms with Crippen molar-refractivity contribution in [3.05, 3.63) is 11.1 Å². The van der Waals surface area contributed by atoms with Gasteiger partial charge < -0.3 is 10.2 Å². The van der Waals surface area contributed by atoms with E-state index in [0.29, 0.717) is 5.92 Å². The van der Waals surface area contributed by atoms with Gasteiger partial charge >= 0.3 is 11.9 Å². The molecule has 0 radical (unpaired) electrons. The monoisotopic (exact) mass is 392 g/mol. The average Bonchev–Trinajstić information content (AvgIpc) is 2.69. The predicted molar refractivity (Wildman–Crippen MR) is 112 cm³/mol. The van der Waals surface area contributed by atoms with Crippen LogP contribution in [0, 0.1) is 17.3 Å². The smallest absolute Gasteiger partial charge is 0.343 e. The van der Waals surface area contributed by atoms with Gasteiger partial charge in [0.05, 0.1) is 0 Å². The molecule has 0 heterocycles. The Kier molecular flexibility index (Phi) is 9.04. The van der Waals surface area contributed by atoms with Crippen molar-refractivity contribution in [3.8, 4) is 0 Å². The molecule has 2 unspecified atom stereocenters. The number of carboxylic acids is 2. The summed E-state index contributed by atoms with van der Waals surface area (Å²) in [7, 11) is 0. The minimum Gasteiger partial charge on any atom is -0.477 e. The van der Waals surface area contributed by atoms with Crippen LogP contribution in [-0.2, 0) is 9.59 Å². The van der Waals surface area contributed by atoms with Gasteiger partial charge in [0.2, 0.25) is 0 Å². The molecular formula is C24H40O4. The molecule has 0 saturated heterocycles. The summed E-state index contributed by atoms with van der Waals surface area (Å²) in [5, 5.41) is 19.9. The lowest BCUT2D eigenvalue weighted by atomic mass is 9.54. The van der Waals surface area contributed by atoms with Crippen molar-refractivity contribution in [1.82, 2.24) is 0 Å². The van der Waals surface area contributed by atoms with Crippen LogP contribution in [0.4, 0.5) is 0 Å². The topological polar surface area (TPSA) is 74.6 Å². The maximum absolute atomic E-state index is 12.2. The van der Waals surface area contributed by atoms with Gasteiger partial charge in [-0.3, -0.25) is 0 Å². The second-order valence-corrected chi connectivity index (χ2v) is 9.08. The lowest BCUT2D eigenvalue weighted by Gasteiger charge is -2.50. The summed E-state index contributed by atoms with van der Waals surface area (Å²) < 4.78 is 0. The molecule has 0 bridgehead atoms. The van der Waals surface area contributed by atoms with Gasteiger partial charge in [0, 0.05) is 0 Å². The zero-order valence-electron chi connectivity index (χ0n) is 18.0. The molecule has 0 spiro atoms. The van der Waals surface area contributed by atoms with Crippen molar-refractivity contribution in [1.29, 1.82) is 0 Å². The first-order valence-electron chi connectivity index (χ1n) is 11.7. The van der Waals surface area contributed by atoms with Gasteiger partial charge in [0.25, 0.3) is 0 Å². The van der Waals surface area contributed by atoms with E-state index in [0.717, 1.165) is 89.0 Å². The number of rotatable bonds is 10. The third-order valence-electron chi connectivity index (χ3n) is 7.34. The van der Waals surface area contributed by atoms with E-state index >= 15 is 0 Å². The SMILES string of the molecule is CCCCC1CCCCC1(CCCC)C(=C(C(=O)O)C(=O)O)C1CCCCC1. The van der Waals surface area contributed by atoms with Crippen LogP contribution in [-0.4, -0.2) is 22.2 Å². The van der Waals surface area contributed by atoms with Gasteiger partial charge in [-0.25, -0.2) is 9.59 Å². The number of unbranched alkanes of at least 4 members (excludes halogenated alkanes) is 2. The van der Waals surface area contributed by atoms with Crippen LogP contribution in [0.15, 0.2) is 11.1 Å². The van der Waals surface area contributed by atoms with Gasteiger partial charge in [-0.1, -0.05) is 71.6 Å². The van der Waals surface area contributed by atoms with E-state index in [-0.39, 0.29) is 16.9 Å². The number of carboxylic acid groups (broad SMARTS) is 2. The fraction of sp³-hybridized carbons (Fsp3) is 0.833. The Labute approximate surface area is 170 Å². The highest BCUT2D eigenvalue weighted by atomic mass is 16.4. The molecule has 4 nitrogen and oxygen atoms in total. The number of hydrogen-bond acceptors (Lipinski definition) is 2. The van der Waals surface area contributed by atoms with Gasteiger partial charge in [-0.2, -0.15) is 0 Å². The Morgan fingerprint density at radius 2 is 1.46 bits per heavy atom. The number of aliphatic carboxylic acids is 2. The fourth-order valence-electron chi connectivity index (χ4n) is 6.07. The van der Waals surface area contributed by atoms with Crippen LogP contribution < -0.4 is 0 Å². The minimum atomic E-state index is -1.23. The van der Waals surface area contributed by atoms with E-state index in [1.807, 2.05) is 0 Å². The first-order chi connectivity index (χ1) is 13.5. The summed E-state index contributed by atoms with van der Waals surface area (Å²) in [5.41, 5.74) is 0.324. The Hall–Kier alpha value is -1.32. The zero-order valence-corrected chi connectivity index (χ0v) is 18.0. The van der Waals surface area contributed by atoms with E-state index in [1.54, 1.807) is 0 Å². The largest absolute Gasteiger partial charge is 0.477 e. The molecule has 0 amide bonds. The Bertz CT molecular complexity index is 543. The second kappa shape index (κ2) is 11.0. The van der Waals surface area contributed by atoms with Gasteiger partial charge in [0.1, 0.15) is 5.57 Å². The molecule has 2 N–H and O–H groups in total. The van der Waals surface area contributed by atoms with Crippen LogP contribution in [0.5, 0.6) is 0 Å². The van der Waals surface area contributed by atoms with Crippen LogP contribution >= 0.6 is 0 Å². The lowest BCUT2D eigenvalue weighted by molar-refractivity contribution is -0.140. The van der Waals surface area contributed by atoms with Crippen molar-refractivity contribution in [2.75, 3.05) is 0 Å². The van der Waals surface area contributed by atoms with Crippen LogP contribution in [0.1, 0.15) is 110 Å². The van der Waals surface area contributed by atoms with E-state index in [1.165, 1.54) is 12.8 Å². The first-order valence-corrected chi connectivity index (χ1v) is 11.7. The van der Waals surface area contributed by atoms with E-state index < -0.39 is 11.9 Å². The fourth-order valence-corrected chi connectivity index (χ4v) is 6.07. The molecule has 0 aromatic heterocycles. The maximum Gasteiger partial charge on any atom is 0.343 e. The molecule has 2 fully saturated rings. The summed E-state index contributed by atoms with van der Waals surface area (Å²) in [5.74, 6) is -1.90. The van der Waals surface area contributed by atoms with Crippen molar-refractivity contribution in [2.45, 2.75) is 110 Å². The third kappa shape index (κ3) is 5.18. The molecule has 2 saturated carbocycles. The highest BCUT2D eigenvalue weighted by Gasteiger charge is 2.48. The van der Waals surface area contributed by atoms with Crippen LogP contribution in [0.3, 0.4) is 0 Å². The normalized spacial score (nSPS) is 26.0. The third-order valence-corrected chi connectivity index (χ3v) is 7.34. The molecule has 0 aromatic carbocycles. The van der Waals surface area contributed by atoms with Crippen LogP contribution in [0.2, 0.25) is 0 Å². The molecule has 4 heteroatoms. The molecular weight excluding hydrogens is 352 g/mol. The van der Waals surface area contributed by atoms with Gasteiger partial charge in [-0.05, 0) is 61.3 Å². The maximum atomic E-state index is 12.2. The summed E-state index contributed by atoms with van der Waals surface area (Å²) in [6.45, 7) is 4.38. The molecule has 2 aliphatic rings. The Morgan fingerprint density at radius 1 is 0.857 bits per heavy atom. The molecule has 160 valence electrons. The molecule has 2 aliphatic carbocycles. The van der Waals surface area contributed by atoms with E-state index in [9.17, 15) is 19.8 Å². The molecule has 2 rings (SSSR count). The molecule has 2 atom stereocenters. The van der Waals surface area contributed by atoms with Crippen molar-refractivity contribution in [2.24, 2.45) is 17.3 Å². The summed E-state index contributed by atoms with van der Waals surface area (Å²) in [6.07, 6.45) is 16.1. The predicted octanol–water partition coefficient (Wildman–Crippen LogP) is 6.59. The number of carbonyl (C=O) groups is 2. The van der Waals surface area contributed by atoms with Gasteiger partial charge in [-0.15, -0.1) is 0 Å². The molecule has 0 aromatic rings. The zero-order chi connectivity index (χ0) is 20.6. The van der Waals surface area contributed by atoms with E-state index in [4.69, 9.17) is 0 Å². The summed E-state index contributed by atoms with van der Waals surface area (Å²) >= 11 is 0. The highest BCUT2D eigenvalue weighted by molar-refractivity contribution is 6.13. The number of allylic oxidation sites excluding steroid dienone is 1. The van der Waals surface area contributed by atoms with Gasteiger partial charge in [0.15, 0.2) is 0 Å². The van der Waals surface area contributed by atoms with E-state index in [2.05, 4.69) is 13.8 Å². The molecule has 28 heavy (non-hydrogen) atoms. The van der Waals surface area contributed by atoms with Crippen LogP contribution in [0.25, 0.3) is 0 Å². The first kappa shape index (κ1) is 23.0. The van der Waals surface area contributed by atoms with Crippen molar-refractivity contribution >= 4 is 11.9 Å². The summed E-state index contributed by atoms with van der Waals surface area (Å²) in [4.78, 5) is 24.3. The average molecular weight is 393 g/mol.